The van der Waals surface area contributed by atoms with Gasteiger partial charge in [0, 0.05) is 63.6 Å². The fraction of sp³-hybridized carbons (Fsp3) is 0.462. The van der Waals surface area contributed by atoms with Gasteiger partial charge in [-0.15, -0.1) is 0 Å². The molecule has 4 rings (SSSR count). The summed E-state index contributed by atoms with van der Waals surface area (Å²) >= 11 is 5.93. The van der Waals surface area contributed by atoms with E-state index < -0.39 is 12.1 Å². The lowest BCUT2D eigenvalue weighted by atomic mass is 10.1. The Balaban J connectivity index is 0.000000261. The van der Waals surface area contributed by atoms with Crippen molar-refractivity contribution in [1.82, 2.24) is 9.80 Å². The number of carbonyl (C=O) groups is 2. The standard InChI is InChI=1S/C18H26ClN3O2.C8H8O3/c1-24-13-12-20-8-10-21(11-9-20)14-15-6-7-22(18(15)23)17-4-2-16(19)3-5-17;9-7(8(10)11)6-4-2-1-3-5-6/h2-5,15H,6-14H2,1H3;1-5,7,9H,(H,10,11)/t15-;7-/m00/s1. The number of carbonyl (C=O) groups excluding carboxylic acids is 1. The summed E-state index contributed by atoms with van der Waals surface area (Å²) in [6.45, 7) is 7.66. The van der Waals surface area contributed by atoms with Crippen LogP contribution in [0.5, 0.6) is 0 Å². The quantitative estimate of drug-likeness (QED) is 0.572. The van der Waals surface area contributed by atoms with Crippen molar-refractivity contribution in [2.45, 2.75) is 12.5 Å². The van der Waals surface area contributed by atoms with E-state index in [-0.39, 0.29) is 11.8 Å². The molecule has 9 heteroatoms. The third kappa shape index (κ3) is 8.02. The van der Waals surface area contributed by atoms with Gasteiger partial charge in [-0.2, -0.15) is 0 Å². The van der Waals surface area contributed by atoms with Crippen LogP contribution in [0.4, 0.5) is 5.69 Å². The lowest BCUT2D eigenvalue weighted by Crippen LogP contribution is -2.49. The van der Waals surface area contributed by atoms with Crippen molar-refractivity contribution < 1.29 is 24.5 Å². The van der Waals surface area contributed by atoms with Crippen LogP contribution < -0.4 is 4.90 Å². The zero-order valence-electron chi connectivity index (χ0n) is 20.1. The first-order chi connectivity index (χ1) is 16.9. The van der Waals surface area contributed by atoms with Gasteiger partial charge in [0.05, 0.1) is 12.5 Å². The second kappa shape index (κ2) is 13.6. The highest BCUT2D eigenvalue weighted by atomic mass is 35.5. The number of benzene rings is 2. The second-order valence-corrected chi connectivity index (χ2v) is 9.17. The Morgan fingerprint density at radius 1 is 1.03 bits per heavy atom. The minimum absolute atomic E-state index is 0.117. The molecule has 0 aliphatic carbocycles. The topological polar surface area (TPSA) is 93.6 Å². The molecule has 2 heterocycles. The summed E-state index contributed by atoms with van der Waals surface area (Å²) in [6.07, 6.45) is -0.470. The van der Waals surface area contributed by atoms with Gasteiger partial charge in [0.2, 0.25) is 5.91 Å². The molecule has 2 atom stereocenters. The number of amides is 1. The lowest BCUT2D eigenvalue weighted by Gasteiger charge is -2.35. The molecule has 8 nitrogen and oxygen atoms in total. The minimum Gasteiger partial charge on any atom is -0.479 e. The molecule has 2 aliphatic rings. The number of rotatable bonds is 8. The Hall–Kier alpha value is -2.49. The molecule has 0 spiro atoms. The Labute approximate surface area is 211 Å². The maximum Gasteiger partial charge on any atom is 0.337 e. The number of methoxy groups -OCH3 is 1. The van der Waals surface area contributed by atoms with Crippen LogP contribution in [0.1, 0.15) is 18.1 Å². The van der Waals surface area contributed by atoms with E-state index in [0.717, 1.165) is 64.5 Å². The Morgan fingerprint density at radius 3 is 2.26 bits per heavy atom. The second-order valence-electron chi connectivity index (χ2n) is 8.74. The summed E-state index contributed by atoms with van der Waals surface area (Å²) in [5.41, 5.74) is 1.36. The van der Waals surface area contributed by atoms with Gasteiger partial charge in [-0.1, -0.05) is 41.9 Å². The van der Waals surface area contributed by atoms with Gasteiger partial charge in [-0.25, -0.2) is 4.79 Å². The number of piperazine rings is 1. The normalized spacial score (nSPS) is 19.8. The third-order valence-corrected chi connectivity index (χ3v) is 6.61. The average molecular weight is 504 g/mol. The van der Waals surface area contributed by atoms with Crippen LogP contribution in [0, 0.1) is 5.92 Å². The predicted molar refractivity (Wildman–Crippen MR) is 136 cm³/mol. The molecule has 0 saturated carbocycles. The summed E-state index contributed by atoms with van der Waals surface area (Å²) in [4.78, 5) is 29.7. The van der Waals surface area contributed by atoms with E-state index >= 15 is 0 Å². The Morgan fingerprint density at radius 2 is 1.66 bits per heavy atom. The van der Waals surface area contributed by atoms with Crippen LogP contribution in [0.3, 0.4) is 0 Å². The summed E-state index contributed by atoms with van der Waals surface area (Å²) in [7, 11) is 1.74. The van der Waals surface area contributed by atoms with Crippen molar-refractivity contribution in [2.24, 2.45) is 5.92 Å². The number of carboxylic acid groups (broad SMARTS) is 1. The van der Waals surface area contributed by atoms with Gasteiger partial charge in [0.1, 0.15) is 0 Å². The fourth-order valence-electron chi connectivity index (χ4n) is 4.29. The highest BCUT2D eigenvalue weighted by Gasteiger charge is 2.34. The van der Waals surface area contributed by atoms with E-state index in [1.54, 1.807) is 37.4 Å². The van der Waals surface area contributed by atoms with Gasteiger partial charge in [-0.3, -0.25) is 9.69 Å². The highest BCUT2D eigenvalue weighted by molar-refractivity contribution is 6.30. The number of nitrogens with zero attached hydrogens (tertiary/aromatic N) is 3. The van der Waals surface area contributed by atoms with Crippen LogP contribution >= 0.6 is 11.6 Å². The monoisotopic (exact) mass is 503 g/mol. The highest BCUT2D eigenvalue weighted by Crippen LogP contribution is 2.27. The van der Waals surface area contributed by atoms with E-state index in [0.29, 0.717) is 10.6 Å². The number of hydrogen-bond donors (Lipinski definition) is 2. The molecule has 2 aromatic rings. The molecule has 0 bridgehead atoms. The van der Waals surface area contributed by atoms with E-state index in [1.807, 2.05) is 29.2 Å². The molecule has 1 amide bonds. The number of halogens is 1. The first-order valence-corrected chi connectivity index (χ1v) is 12.2. The van der Waals surface area contributed by atoms with E-state index in [9.17, 15) is 9.59 Å². The molecular weight excluding hydrogens is 470 g/mol. The molecule has 2 aliphatic heterocycles. The molecule has 2 fully saturated rings. The number of carboxylic acids is 1. The molecule has 190 valence electrons. The average Bonchev–Trinajstić information content (AvgIpc) is 3.24. The largest absolute Gasteiger partial charge is 0.479 e. The number of anilines is 1. The zero-order valence-corrected chi connectivity index (χ0v) is 20.8. The van der Waals surface area contributed by atoms with Gasteiger partial charge in [-0.05, 0) is 36.2 Å². The first-order valence-electron chi connectivity index (χ1n) is 11.9. The maximum absolute atomic E-state index is 12.7. The summed E-state index contributed by atoms with van der Waals surface area (Å²) in [5.74, 6) is -0.860. The molecule has 2 N–H and O–H groups in total. The number of ether oxygens (including phenoxy) is 1. The Kier molecular flexibility index (Phi) is 10.5. The molecule has 0 aromatic heterocycles. The van der Waals surface area contributed by atoms with Gasteiger partial charge < -0.3 is 24.7 Å². The van der Waals surface area contributed by atoms with Crippen molar-refractivity contribution in [3.63, 3.8) is 0 Å². The minimum atomic E-state index is -1.41. The van der Waals surface area contributed by atoms with Crippen molar-refractivity contribution in [3.8, 4) is 0 Å². The van der Waals surface area contributed by atoms with Crippen LogP contribution in [-0.2, 0) is 14.3 Å². The van der Waals surface area contributed by atoms with Gasteiger partial charge >= 0.3 is 5.97 Å². The number of aliphatic hydroxyl groups is 1. The molecule has 2 aromatic carbocycles. The summed E-state index contributed by atoms with van der Waals surface area (Å²) < 4.78 is 5.14. The lowest BCUT2D eigenvalue weighted by molar-refractivity contribution is -0.147. The summed E-state index contributed by atoms with van der Waals surface area (Å²) in [6, 6.07) is 15.8. The molecule has 35 heavy (non-hydrogen) atoms. The maximum atomic E-state index is 12.7. The third-order valence-electron chi connectivity index (χ3n) is 6.36. The predicted octanol–water partition coefficient (Wildman–Crippen LogP) is 2.76. The SMILES string of the molecule is COCCN1CCN(C[C@@H]2CCN(c3ccc(Cl)cc3)C2=O)CC1.O=C(O)[C@@H](O)c1ccccc1. The smallest absolute Gasteiger partial charge is 0.337 e. The number of aliphatic carboxylic acids is 1. The van der Waals surface area contributed by atoms with Crippen molar-refractivity contribution >= 4 is 29.2 Å². The van der Waals surface area contributed by atoms with E-state index in [4.69, 9.17) is 26.6 Å². The van der Waals surface area contributed by atoms with Crippen LogP contribution in [0.2, 0.25) is 5.02 Å². The van der Waals surface area contributed by atoms with E-state index in [2.05, 4.69) is 9.80 Å². The number of aliphatic hydroxyl groups excluding tert-OH is 1. The van der Waals surface area contributed by atoms with Crippen LogP contribution in [0.25, 0.3) is 0 Å². The number of hydrogen-bond acceptors (Lipinski definition) is 6. The summed E-state index contributed by atoms with van der Waals surface area (Å²) in [5, 5.41) is 18.1. The fourth-order valence-corrected chi connectivity index (χ4v) is 4.42. The Bertz CT molecular complexity index is 936. The van der Waals surface area contributed by atoms with Crippen LogP contribution in [0.15, 0.2) is 54.6 Å². The molecule has 0 unspecified atom stereocenters. The van der Waals surface area contributed by atoms with E-state index in [1.165, 1.54) is 0 Å². The van der Waals surface area contributed by atoms with Crippen LogP contribution in [-0.4, -0.2) is 91.4 Å². The molecule has 2 saturated heterocycles. The van der Waals surface area contributed by atoms with Crippen molar-refractivity contribution in [3.05, 3.63) is 65.2 Å². The van der Waals surface area contributed by atoms with Crippen molar-refractivity contribution in [2.75, 3.05) is 64.4 Å². The van der Waals surface area contributed by atoms with Crippen molar-refractivity contribution in [1.29, 1.82) is 0 Å². The van der Waals surface area contributed by atoms with Gasteiger partial charge in [0.25, 0.3) is 0 Å². The zero-order chi connectivity index (χ0) is 25.2. The molecular formula is C26H34ClN3O5. The van der Waals surface area contributed by atoms with Gasteiger partial charge in [0.15, 0.2) is 6.10 Å². The molecule has 0 radical (unpaired) electrons. The first kappa shape index (κ1) is 27.1.